The molecule has 0 aliphatic carbocycles. The van der Waals surface area contributed by atoms with Crippen molar-refractivity contribution >= 4 is 10.0 Å². The molecule has 0 spiro atoms. The summed E-state index contributed by atoms with van der Waals surface area (Å²) in [5.74, 6) is 0.372. The maximum Gasteiger partial charge on any atom is 0.243 e. The molecule has 1 saturated heterocycles. The SMILES string of the molecule is Cc1ccc(S(=O)(=O)N2CC[C@H](C(C)C)O[C@H](C(C)(C)C)C2)cc1. The van der Waals surface area contributed by atoms with E-state index in [0.717, 1.165) is 12.0 Å². The van der Waals surface area contributed by atoms with Crippen LogP contribution in [0.15, 0.2) is 29.2 Å². The highest BCUT2D eigenvalue weighted by molar-refractivity contribution is 7.89. The lowest BCUT2D eigenvalue weighted by Crippen LogP contribution is -2.42. The molecule has 24 heavy (non-hydrogen) atoms. The van der Waals surface area contributed by atoms with Crippen LogP contribution in [0, 0.1) is 18.3 Å². The van der Waals surface area contributed by atoms with Gasteiger partial charge in [-0.15, -0.1) is 0 Å². The van der Waals surface area contributed by atoms with Crippen molar-refractivity contribution in [1.82, 2.24) is 4.31 Å². The average molecular weight is 354 g/mol. The molecule has 0 N–H and O–H groups in total. The molecule has 4 nitrogen and oxygen atoms in total. The fourth-order valence-electron chi connectivity index (χ4n) is 2.92. The topological polar surface area (TPSA) is 46.6 Å². The largest absolute Gasteiger partial charge is 0.373 e. The van der Waals surface area contributed by atoms with Gasteiger partial charge in [0, 0.05) is 13.1 Å². The van der Waals surface area contributed by atoms with Gasteiger partial charge in [-0.25, -0.2) is 8.42 Å². The van der Waals surface area contributed by atoms with Crippen LogP contribution in [-0.4, -0.2) is 38.0 Å². The van der Waals surface area contributed by atoms with Crippen LogP contribution in [0.4, 0.5) is 0 Å². The number of aryl methyl sites for hydroxylation is 1. The molecule has 1 heterocycles. The third kappa shape index (κ3) is 4.38. The van der Waals surface area contributed by atoms with E-state index in [1.807, 2.05) is 19.1 Å². The molecule has 1 aliphatic heterocycles. The van der Waals surface area contributed by atoms with Crippen molar-refractivity contribution in [1.29, 1.82) is 0 Å². The summed E-state index contributed by atoms with van der Waals surface area (Å²) in [5.41, 5.74) is 0.944. The number of sulfonamides is 1. The Hall–Kier alpha value is -0.910. The molecule has 136 valence electrons. The summed E-state index contributed by atoms with van der Waals surface area (Å²) < 4.78 is 34.1. The van der Waals surface area contributed by atoms with E-state index < -0.39 is 10.0 Å². The van der Waals surface area contributed by atoms with Gasteiger partial charge in [-0.3, -0.25) is 0 Å². The molecule has 0 aromatic heterocycles. The molecule has 2 rings (SSSR count). The summed E-state index contributed by atoms with van der Waals surface area (Å²) >= 11 is 0. The second-order valence-electron chi connectivity index (χ2n) is 8.24. The molecule has 0 amide bonds. The third-order valence-electron chi connectivity index (χ3n) is 4.74. The van der Waals surface area contributed by atoms with Crippen molar-refractivity contribution in [3.05, 3.63) is 29.8 Å². The Labute approximate surface area is 147 Å². The van der Waals surface area contributed by atoms with Gasteiger partial charge in [0.1, 0.15) is 0 Å². The summed E-state index contributed by atoms with van der Waals surface area (Å²) in [7, 11) is -3.49. The highest BCUT2D eigenvalue weighted by Crippen LogP contribution is 2.31. The van der Waals surface area contributed by atoms with Crippen molar-refractivity contribution in [2.45, 2.75) is 65.1 Å². The first kappa shape index (κ1) is 19.4. The first-order chi connectivity index (χ1) is 11.0. The molecule has 1 fully saturated rings. The smallest absolute Gasteiger partial charge is 0.243 e. The van der Waals surface area contributed by atoms with Crippen molar-refractivity contribution in [2.24, 2.45) is 11.3 Å². The number of hydrogen-bond donors (Lipinski definition) is 0. The number of hydrogen-bond acceptors (Lipinski definition) is 3. The molecule has 0 saturated carbocycles. The van der Waals surface area contributed by atoms with E-state index in [1.165, 1.54) is 0 Å². The molecular weight excluding hydrogens is 322 g/mol. The summed E-state index contributed by atoms with van der Waals surface area (Å²) in [6, 6.07) is 7.09. The zero-order valence-electron chi connectivity index (χ0n) is 15.7. The van der Waals surface area contributed by atoms with Crippen LogP contribution in [0.25, 0.3) is 0 Å². The lowest BCUT2D eigenvalue weighted by molar-refractivity contribution is -0.0753. The minimum absolute atomic E-state index is 0.0902. The van der Waals surface area contributed by atoms with E-state index in [0.29, 0.717) is 23.9 Å². The number of benzene rings is 1. The lowest BCUT2D eigenvalue weighted by Gasteiger charge is -2.34. The molecule has 1 aliphatic rings. The van der Waals surface area contributed by atoms with Gasteiger partial charge < -0.3 is 4.74 Å². The Kier molecular flexibility index (Phi) is 5.78. The minimum Gasteiger partial charge on any atom is -0.373 e. The van der Waals surface area contributed by atoms with Gasteiger partial charge in [0.25, 0.3) is 0 Å². The summed E-state index contributed by atoms with van der Waals surface area (Å²) in [5, 5.41) is 0. The van der Waals surface area contributed by atoms with Gasteiger partial charge in [0.2, 0.25) is 10.0 Å². The standard InChI is InChI=1S/C19H31NO3S/c1-14(2)17-11-12-20(13-18(23-17)19(4,5)6)24(21,22)16-9-7-15(3)8-10-16/h7-10,14,17-18H,11-13H2,1-6H3/t17-,18+/m1/s1. The first-order valence-electron chi connectivity index (χ1n) is 8.74. The monoisotopic (exact) mass is 353 g/mol. The second-order valence-corrected chi connectivity index (χ2v) is 10.2. The van der Waals surface area contributed by atoms with Crippen LogP contribution >= 0.6 is 0 Å². The maximum absolute atomic E-state index is 13.1. The molecule has 0 radical (unpaired) electrons. The third-order valence-corrected chi connectivity index (χ3v) is 6.62. The Morgan fingerprint density at radius 3 is 2.25 bits per heavy atom. The second kappa shape index (κ2) is 7.14. The molecule has 0 unspecified atom stereocenters. The zero-order valence-corrected chi connectivity index (χ0v) is 16.6. The average Bonchev–Trinajstić information content (AvgIpc) is 2.71. The van der Waals surface area contributed by atoms with E-state index in [9.17, 15) is 8.42 Å². The Bertz CT molecular complexity index is 644. The fourth-order valence-corrected chi connectivity index (χ4v) is 4.37. The van der Waals surface area contributed by atoms with Gasteiger partial charge >= 0.3 is 0 Å². The highest BCUT2D eigenvalue weighted by Gasteiger charge is 2.38. The van der Waals surface area contributed by atoms with Crippen LogP contribution < -0.4 is 0 Å². The van der Waals surface area contributed by atoms with Crippen molar-refractivity contribution in [3.8, 4) is 0 Å². The van der Waals surface area contributed by atoms with Gasteiger partial charge in [0.15, 0.2) is 0 Å². The molecule has 1 aromatic rings. The summed E-state index contributed by atoms with van der Waals surface area (Å²) in [4.78, 5) is 0.365. The van der Waals surface area contributed by atoms with E-state index >= 15 is 0 Å². The highest BCUT2D eigenvalue weighted by atomic mass is 32.2. The van der Waals surface area contributed by atoms with E-state index in [-0.39, 0.29) is 17.6 Å². The van der Waals surface area contributed by atoms with Crippen LogP contribution in [0.3, 0.4) is 0 Å². The Balaban J connectivity index is 2.33. The predicted octanol–water partition coefficient (Wildman–Crippen LogP) is 3.85. The zero-order chi connectivity index (χ0) is 18.1. The molecule has 1 aromatic carbocycles. The van der Waals surface area contributed by atoms with E-state index in [2.05, 4.69) is 34.6 Å². The van der Waals surface area contributed by atoms with Crippen LogP contribution in [-0.2, 0) is 14.8 Å². The summed E-state index contributed by atoms with van der Waals surface area (Å²) in [6.45, 7) is 13.5. The number of ether oxygens (including phenoxy) is 1. The predicted molar refractivity (Wildman–Crippen MR) is 97.5 cm³/mol. The normalized spacial score (nSPS) is 24.1. The van der Waals surface area contributed by atoms with E-state index in [4.69, 9.17) is 4.74 Å². The minimum atomic E-state index is -3.49. The lowest BCUT2D eigenvalue weighted by atomic mass is 9.88. The van der Waals surface area contributed by atoms with Gasteiger partial charge in [-0.05, 0) is 36.8 Å². The van der Waals surface area contributed by atoms with Crippen molar-refractivity contribution < 1.29 is 13.2 Å². The summed E-state index contributed by atoms with van der Waals surface area (Å²) in [6.07, 6.45) is 0.704. The number of rotatable bonds is 3. The van der Waals surface area contributed by atoms with Crippen LogP contribution in [0.5, 0.6) is 0 Å². The van der Waals surface area contributed by atoms with Crippen molar-refractivity contribution in [2.75, 3.05) is 13.1 Å². The quantitative estimate of drug-likeness (QED) is 0.829. The Morgan fingerprint density at radius 2 is 1.75 bits per heavy atom. The van der Waals surface area contributed by atoms with Crippen LogP contribution in [0.1, 0.15) is 46.6 Å². The van der Waals surface area contributed by atoms with Gasteiger partial charge in [0.05, 0.1) is 17.1 Å². The van der Waals surface area contributed by atoms with Gasteiger partial charge in [-0.2, -0.15) is 4.31 Å². The van der Waals surface area contributed by atoms with E-state index in [1.54, 1.807) is 16.4 Å². The maximum atomic E-state index is 13.1. The molecule has 5 heteroatoms. The van der Waals surface area contributed by atoms with Gasteiger partial charge in [-0.1, -0.05) is 52.3 Å². The first-order valence-corrected chi connectivity index (χ1v) is 10.2. The molecule has 0 bridgehead atoms. The fraction of sp³-hybridized carbons (Fsp3) is 0.684. The Morgan fingerprint density at radius 1 is 1.17 bits per heavy atom. The van der Waals surface area contributed by atoms with Crippen LogP contribution in [0.2, 0.25) is 0 Å². The number of nitrogens with zero attached hydrogens (tertiary/aromatic N) is 1. The van der Waals surface area contributed by atoms with Crippen molar-refractivity contribution in [3.63, 3.8) is 0 Å². The molecule has 2 atom stereocenters. The molecular formula is C19H31NO3S.